The molecule has 7 nitrogen and oxygen atoms in total. The lowest BCUT2D eigenvalue weighted by atomic mass is 10.1. The molecule has 0 aliphatic heterocycles. The summed E-state index contributed by atoms with van der Waals surface area (Å²) in [5, 5.41) is 7.77. The molecule has 0 saturated carbocycles. The van der Waals surface area contributed by atoms with Crippen molar-refractivity contribution in [2.45, 2.75) is 26.0 Å². The highest BCUT2D eigenvalue weighted by molar-refractivity contribution is 6.31. The van der Waals surface area contributed by atoms with Crippen LogP contribution >= 0.6 is 23.2 Å². The largest absolute Gasteiger partial charge is 0.497 e. The van der Waals surface area contributed by atoms with E-state index in [1.54, 1.807) is 62.6 Å². The molecule has 0 spiro atoms. The number of methoxy groups -OCH3 is 1. The van der Waals surface area contributed by atoms with Crippen molar-refractivity contribution in [1.29, 1.82) is 0 Å². The third-order valence-electron chi connectivity index (χ3n) is 4.93. The Morgan fingerprint density at radius 2 is 1.74 bits per heavy atom. The summed E-state index contributed by atoms with van der Waals surface area (Å²) in [5.41, 5.74) is 4.72. The molecule has 182 valence electrons. The van der Waals surface area contributed by atoms with E-state index < -0.39 is 11.9 Å². The van der Waals surface area contributed by atoms with Crippen LogP contribution < -0.4 is 20.2 Å². The molecule has 3 aromatic rings. The number of nitrogens with one attached hydrogen (secondary N) is 2. The Morgan fingerprint density at radius 3 is 2.46 bits per heavy atom. The van der Waals surface area contributed by atoms with Gasteiger partial charge in [0.2, 0.25) is 5.91 Å². The summed E-state index contributed by atoms with van der Waals surface area (Å²) in [5.74, 6) is 0.492. The lowest BCUT2D eigenvalue weighted by Crippen LogP contribution is -2.43. The lowest BCUT2D eigenvalue weighted by Gasteiger charge is -2.13. The molecule has 2 N–H and O–H groups in total. The van der Waals surface area contributed by atoms with Crippen LogP contribution in [-0.2, 0) is 22.6 Å². The Hall–Kier alpha value is -3.55. The van der Waals surface area contributed by atoms with E-state index in [0.717, 1.165) is 11.1 Å². The molecule has 0 aromatic heterocycles. The van der Waals surface area contributed by atoms with E-state index in [2.05, 4.69) is 15.8 Å². The minimum atomic E-state index is -0.782. The number of hydrogen-bond donors (Lipinski definition) is 2. The highest BCUT2D eigenvalue weighted by atomic mass is 35.5. The summed E-state index contributed by atoms with van der Waals surface area (Å²) in [6, 6.07) is 18.8. The number of nitrogens with zero attached hydrogens (tertiary/aromatic N) is 1. The molecule has 0 bridgehead atoms. The number of carbonyl (C=O) groups excluding carboxylic acids is 2. The van der Waals surface area contributed by atoms with Crippen molar-refractivity contribution in [1.82, 2.24) is 10.7 Å². The number of rotatable bonds is 10. The molecule has 0 heterocycles. The number of amides is 2. The molecule has 0 aliphatic rings. The number of ether oxygens (including phenoxy) is 2. The van der Waals surface area contributed by atoms with Gasteiger partial charge in [-0.15, -0.1) is 0 Å². The summed E-state index contributed by atoms with van der Waals surface area (Å²) in [6.45, 7) is 1.88. The van der Waals surface area contributed by atoms with Crippen molar-refractivity contribution in [3.63, 3.8) is 0 Å². The summed E-state index contributed by atoms with van der Waals surface area (Å²) in [4.78, 5) is 24.6. The van der Waals surface area contributed by atoms with Gasteiger partial charge in [0.05, 0.1) is 19.7 Å². The lowest BCUT2D eigenvalue weighted by molar-refractivity contribution is -0.128. The third kappa shape index (κ3) is 8.31. The van der Waals surface area contributed by atoms with E-state index in [0.29, 0.717) is 33.7 Å². The molecule has 9 heteroatoms. The van der Waals surface area contributed by atoms with Gasteiger partial charge < -0.3 is 14.8 Å². The number of carbonyl (C=O) groups is 2. The van der Waals surface area contributed by atoms with Gasteiger partial charge in [0.15, 0.2) is 0 Å². The van der Waals surface area contributed by atoms with Gasteiger partial charge in [0.25, 0.3) is 5.91 Å². The Bertz CT molecular complexity index is 1200. The topological polar surface area (TPSA) is 89.0 Å². The van der Waals surface area contributed by atoms with Crippen molar-refractivity contribution < 1.29 is 19.1 Å². The predicted octanol–water partition coefficient (Wildman–Crippen LogP) is 4.78. The molecular weight excluding hydrogens is 489 g/mol. The second-order valence-electron chi connectivity index (χ2n) is 7.65. The monoisotopic (exact) mass is 513 g/mol. The van der Waals surface area contributed by atoms with Gasteiger partial charge >= 0.3 is 0 Å². The Labute approximate surface area is 214 Å². The molecule has 0 fully saturated rings. The van der Waals surface area contributed by atoms with Crippen molar-refractivity contribution in [3.8, 4) is 11.5 Å². The van der Waals surface area contributed by atoms with E-state index in [1.807, 2.05) is 18.2 Å². The van der Waals surface area contributed by atoms with E-state index in [9.17, 15) is 9.59 Å². The zero-order valence-electron chi connectivity index (χ0n) is 19.3. The second kappa shape index (κ2) is 12.8. The molecule has 0 saturated heterocycles. The smallest absolute Gasteiger partial charge is 0.262 e. The van der Waals surface area contributed by atoms with Gasteiger partial charge in [-0.05, 0) is 60.5 Å². The number of benzene rings is 3. The third-order valence-corrected chi connectivity index (χ3v) is 5.40. The highest BCUT2D eigenvalue weighted by Gasteiger charge is 2.15. The van der Waals surface area contributed by atoms with Crippen molar-refractivity contribution in [2.75, 3.05) is 7.11 Å². The fourth-order valence-corrected chi connectivity index (χ4v) is 3.48. The molecule has 1 atom stereocenters. The first-order valence-electron chi connectivity index (χ1n) is 10.8. The average molecular weight is 514 g/mol. The second-order valence-corrected chi connectivity index (χ2v) is 8.52. The number of hydrazone groups is 1. The summed E-state index contributed by atoms with van der Waals surface area (Å²) in [7, 11) is 1.58. The Kier molecular flexibility index (Phi) is 9.52. The molecule has 3 rings (SSSR count). The quantitative estimate of drug-likeness (QED) is 0.301. The fourth-order valence-electron chi connectivity index (χ4n) is 3.09. The molecule has 2 amide bonds. The van der Waals surface area contributed by atoms with Gasteiger partial charge in [-0.3, -0.25) is 9.59 Å². The minimum Gasteiger partial charge on any atom is -0.497 e. The zero-order chi connectivity index (χ0) is 25.2. The first-order chi connectivity index (χ1) is 16.8. The van der Waals surface area contributed by atoms with Crippen LogP contribution in [0.15, 0.2) is 71.8 Å². The number of halogens is 2. The molecule has 35 heavy (non-hydrogen) atoms. The average Bonchev–Trinajstić information content (AvgIpc) is 2.84. The molecule has 3 aromatic carbocycles. The Balaban J connectivity index is 1.54. The van der Waals surface area contributed by atoms with Crippen LogP contribution in [0.3, 0.4) is 0 Å². The van der Waals surface area contributed by atoms with E-state index >= 15 is 0 Å². The summed E-state index contributed by atoms with van der Waals surface area (Å²) >= 11 is 12.1. The molecule has 0 aliphatic carbocycles. The van der Waals surface area contributed by atoms with Crippen LogP contribution in [0.4, 0.5) is 0 Å². The van der Waals surface area contributed by atoms with Gasteiger partial charge in [-0.25, -0.2) is 5.43 Å². The van der Waals surface area contributed by atoms with Gasteiger partial charge in [-0.2, -0.15) is 5.10 Å². The van der Waals surface area contributed by atoms with Crippen LogP contribution in [-0.4, -0.2) is 31.2 Å². The maximum Gasteiger partial charge on any atom is 0.262 e. The number of hydrogen-bond acceptors (Lipinski definition) is 5. The van der Waals surface area contributed by atoms with Crippen LogP contribution in [0.1, 0.15) is 23.6 Å². The van der Waals surface area contributed by atoms with Crippen molar-refractivity contribution in [2.24, 2.45) is 5.10 Å². The standard InChI is InChI=1S/C26H25Cl2N3O4/c1-17(30-25(32)13-18-6-9-23(34-2)10-7-18)26(33)31-29-15-20-14-22(28)8-11-24(20)35-16-19-4-3-5-21(27)12-19/h3-12,14-15,17H,13,16H2,1-2H3,(H,30,32)(H,31,33). The molecular formula is C26H25Cl2N3O4. The molecule has 1 unspecified atom stereocenters. The Morgan fingerprint density at radius 1 is 1.00 bits per heavy atom. The van der Waals surface area contributed by atoms with Gasteiger partial charge in [0.1, 0.15) is 24.1 Å². The predicted molar refractivity (Wildman–Crippen MR) is 137 cm³/mol. The van der Waals surface area contributed by atoms with Crippen LogP contribution in [0.2, 0.25) is 10.0 Å². The van der Waals surface area contributed by atoms with Gasteiger partial charge in [-0.1, -0.05) is 47.5 Å². The first kappa shape index (κ1) is 26.1. The van der Waals surface area contributed by atoms with Crippen molar-refractivity contribution in [3.05, 3.63) is 93.5 Å². The SMILES string of the molecule is COc1ccc(CC(=O)NC(C)C(=O)NN=Cc2cc(Cl)ccc2OCc2cccc(Cl)c2)cc1. The van der Waals surface area contributed by atoms with Crippen LogP contribution in [0.25, 0.3) is 0 Å². The van der Waals surface area contributed by atoms with Crippen LogP contribution in [0, 0.1) is 0 Å². The maximum absolute atomic E-state index is 12.4. The van der Waals surface area contributed by atoms with Crippen LogP contribution in [0.5, 0.6) is 11.5 Å². The highest BCUT2D eigenvalue weighted by Crippen LogP contribution is 2.23. The fraction of sp³-hybridized carbons (Fsp3) is 0.192. The van der Waals surface area contributed by atoms with Gasteiger partial charge in [0, 0.05) is 15.6 Å². The van der Waals surface area contributed by atoms with E-state index in [4.69, 9.17) is 32.7 Å². The summed E-state index contributed by atoms with van der Waals surface area (Å²) in [6.07, 6.45) is 1.57. The maximum atomic E-state index is 12.4. The minimum absolute atomic E-state index is 0.140. The summed E-state index contributed by atoms with van der Waals surface area (Å²) < 4.78 is 11.0. The van der Waals surface area contributed by atoms with Crippen molar-refractivity contribution >= 4 is 41.2 Å². The zero-order valence-corrected chi connectivity index (χ0v) is 20.8. The van der Waals surface area contributed by atoms with E-state index in [-0.39, 0.29) is 12.3 Å². The molecule has 0 radical (unpaired) electrons. The van der Waals surface area contributed by atoms with E-state index in [1.165, 1.54) is 6.21 Å². The normalized spacial score (nSPS) is 11.7. The first-order valence-corrected chi connectivity index (χ1v) is 11.5.